The van der Waals surface area contributed by atoms with Crippen molar-refractivity contribution in [3.8, 4) is 5.75 Å². The number of alkyl halides is 3. The Hall–Kier alpha value is -1.43. The van der Waals surface area contributed by atoms with Gasteiger partial charge in [0.05, 0.1) is 24.8 Å². The molecule has 0 radical (unpaired) electrons. The van der Waals surface area contributed by atoms with Crippen molar-refractivity contribution < 1.29 is 23.4 Å². The van der Waals surface area contributed by atoms with Gasteiger partial charge >= 0.3 is 5.97 Å². The Kier molecular flexibility index (Phi) is 4.00. The summed E-state index contributed by atoms with van der Waals surface area (Å²) in [7, 11) is 1.04. The van der Waals surface area contributed by atoms with Crippen LogP contribution in [0, 0.1) is 0 Å². The summed E-state index contributed by atoms with van der Waals surface area (Å²) >= 11 is 5.47. The van der Waals surface area contributed by atoms with Crippen molar-refractivity contribution in [2.24, 2.45) is 0 Å². The van der Waals surface area contributed by atoms with Crippen molar-refractivity contribution in [1.82, 2.24) is 4.98 Å². The summed E-state index contributed by atoms with van der Waals surface area (Å²) in [5.41, 5.74) is -1.34. The standard InChI is InChI=1S/C9H8ClF2NO3/c1-16-9(15)6-4(2-10)5(14)3-13-7(6)8(11)12/h3,8,14H,2H2,1H3. The molecule has 0 aliphatic carbocycles. The molecule has 0 aliphatic heterocycles. The fourth-order valence-electron chi connectivity index (χ4n) is 1.19. The average Bonchev–Trinajstić information content (AvgIpc) is 2.27. The fourth-order valence-corrected chi connectivity index (χ4v) is 1.46. The number of aromatic nitrogens is 1. The van der Waals surface area contributed by atoms with E-state index in [4.69, 9.17) is 11.6 Å². The minimum Gasteiger partial charge on any atom is -0.506 e. The van der Waals surface area contributed by atoms with Crippen molar-refractivity contribution in [1.29, 1.82) is 0 Å². The van der Waals surface area contributed by atoms with Crippen LogP contribution >= 0.6 is 11.6 Å². The minimum absolute atomic E-state index is 0.112. The zero-order valence-corrected chi connectivity index (χ0v) is 8.96. The summed E-state index contributed by atoms with van der Waals surface area (Å²) in [6.07, 6.45) is -2.12. The van der Waals surface area contributed by atoms with Crippen LogP contribution in [0.3, 0.4) is 0 Å². The van der Waals surface area contributed by atoms with Crippen LogP contribution in [0.5, 0.6) is 5.75 Å². The number of nitrogens with zero attached hydrogens (tertiary/aromatic N) is 1. The summed E-state index contributed by atoms with van der Waals surface area (Å²) in [4.78, 5) is 14.6. The highest BCUT2D eigenvalue weighted by Gasteiger charge is 2.26. The lowest BCUT2D eigenvalue weighted by Gasteiger charge is -2.11. The van der Waals surface area contributed by atoms with Crippen LogP contribution in [-0.2, 0) is 10.6 Å². The van der Waals surface area contributed by atoms with Gasteiger partial charge in [0.25, 0.3) is 6.43 Å². The summed E-state index contributed by atoms with van der Waals surface area (Å²) < 4.78 is 29.5. The van der Waals surface area contributed by atoms with Gasteiger partial charge in [0.15, 0.2) is 0 Å². The highest BCUT2D eigenvalue weighted by atomic mass is 35.5. The van der Waals surface area contributed by atoms with E-state index in [0.717, 1.165) is 13.3 Å². The van der Waals surface area contributed by atoms with Gasteiger partial charge in [-0.15, -0.1) is 11.6 Å². The number of hydrogen-bond acceptors (Lipinski definition) is 4. The molecule has 1 N–H and O–H groups in total. The van der Waals surface area contributed by atoms with Crippen molar-refractivity contribution in [3.05, 3.63) is 23.0 Å². The molecule has 0 bridgehead atoms. The molecular formula is C9H8ClF2NO3. The average molecular weight is 252 g/mol. The molecule has 4 nitrogen and oxygen atoms in total. The lowest BCUT2D eigenvalue weighted by atomic mass is 10.1. The van der Waals surface area contributed by atoms with Gasteiger partial charge in [0, 0.05) is 5.56 Å². The Morgan fingerprint density at radius 2 is 2.31 bits per heavy atom. The van der Waals surface area contributed by atoms with Gasteiger partial charge < -0.3 is 9.84 Å². The first kappa shape index (κ1) is 12.6. The van der Waals surface area contributed by atoms with Crippen LogP contribution in [-0.4, -0.2) is 23.2 Å². The Balaban J connectivity index is 3.47. The van der Waals surface area contributed by atoms with E-state index in [1.807, 2.05) is 0 Å². The molecule has 0 saturated heterocycles. The molecule has 0 atom stereocenters. The Morgan fingerprint density at radius 3 is 2.75 bits per heavy atom. The zero-order chi connectivity index (χ0) is 12.3. The van der Waals surface area contributed by atoms with Gasteiger partial charge in [0.2, 0.25) is 0 Å². The number of ether oxygens (including phenoxy) is 1. The SMILES string of the molecule is COC(=O)c1c(C(F)F)ncc(O)c1CCl. The van der Waals surface area contributed by atoms with Gasteiger partial charge in [-0.05, 0) is 0 Å². The highest BCUT2D eigenvalue weighted by molar-refractivity contribution is 6.18. The number of esters is 1. The molecule has 88 valence electrons. The third-order valence-electron chi connectivity index (χ3n) is 1.92. The second-order valence-electron chi connectivity index (χ2n) is 2.81. The van der Waals surface area contributed by atoms with Gasteiger partial charge in [-0.3, -0.25) is 4.98 Å². The molecule has 7 heteroatoms. The van der Waals surface area contributed by atoms with Crippen LogP contribution < -0.4 is 0 Å². The first-order valence-corrected chi connectivity index (χ1v) is 4.69. The van der Waals surface area contributed by atoms with E-state index < -0.39 is 29.4 Å². The molecule has 0 aromatic carbocycles. The molecule has 1 heterocycles. The van der Waals surface area contributed by atoms with Gasteiger partial charge in [0.1, 0.15) is 11.4 Å². The van der Waals surface area contributed by atoms with Crippen molar-refractivity contribution in [3.63, 3.8) is 0 Å². The maximum atomic E-state index is 12.6. The molecule has 0 fully saturated rings. The summed E-state index contributed by atoms with van der Waals surface area (Å²) in [5.74, 6) is -1.72. The maximum Gasteiger partial charge on any atom is 0.340 e. The molecule has 1 aromatic heterocycles. The first-order chi connectivity index (χ1) is 7.52. The Labute approximate surface area is 94.8 Å². The normalized spacial score (nSPS) is 10.6. The van der Waals surface area contributed by atoms with E-state index in [0.29, 0.717) is 0 Å². The van der Waals surface area contributed by atoms with Gasteiger partial charge in [-0.2, -0.15) is 0 Å². The first-order valence-electron chi connectivity index (χ1n) is 4.16. The monoisotopic (exact) mass is 251 g/mol. The minimum atomic E-state index is -2.95. The summed E-state index contributed by atoms with van der Waals surface area (Å²) in [6.45, 7) is 0. The van der Waals surface area contributed by atoms with Crippen molar-refractivity contribution >= 4 is 17.6 Å². The largest absolute Gasteiger partial charge is 0.506 e. The van der Waals surface area contributed by atoms with Crippen LogP contribution in [0.1, 0.15) is 28.0 Å². The predicted molar refractivity (Wildman–Crippen MR) is 51.8 cm³/mol. The molecule has 0 amide bonds. The topological polar surface area (TPSA) is 59.4 Å². The number of carbonyl (C=O) groups excluding carboxylic acids is 1. The maximum absolute atomic E-state index is 12.6. The molecule has 0 spiro atoms. The number of halogens is 3. The van der Waals surface area contributed by atoms with Gasteiger partial charge in [-0.25, -0.2) is 13.6 Å². The van der Waals surface area contributed by atoms with E-state index in [1.54, 1.807) is 0 Å². The van der Waals surface area contributed by atoms with Crippen LogP contribution in [0.15, 0.2) is 6.20 Å². The molecular weight excluding hydrogens is 244 g/mol. The lowest BCUT2D eigenvalue weighted by molar-refractivity contribution is 0.0585. The van der Waals surface area contributed by atoms with Crippen molar-refractivity contribution in [2.45, 2.75) is 12.3 Å². The lowest BCUT2D eigenvalue weighted by Crippen LogP contribution is -2.11. The van der Waals surface area contributed by atoms with Crippen LogP contribution in [0.2, 0.25) is 0 Å². The number of carbonyl (C=O) groups is 1. The highest BCUT2D eigenvalue weighted by Crippen LogP contribution is 2.30. The Morgan fingerprint density at radius 1 is 1.69 bits per heavy atom. The van der Waals surface area contributed by atoms with Crippen molar-refractivity contribution in [2.75, 3.05) is 7.11 Å². The third-order valence-corrected chi connectivity index (χ3v) is 2.19. The quantitative estimate of drug-likeness (QED) is 0.661. The number of hydrogen-bond donors (Lipinski definition) is 1. The van der Waals surface area contributed by atoms with Gasteiger partial charge in [-0.1, -0.05) is 0 Å². The van der Waals surface area contributed by atoms with E-state index in [-0.39, 0.29) is 11.4 Å². The number of aromatic hydroxyl groups is 1. The van der Waals surface area contributed by atoms with E-state index in [1.165, 1.54) is 0 Å². The molecule has 16 heavy (non-hydrogen) atoms. The number of methoxy groups -OCH3 is 1. The predicted octanol–water partition coefficient (Wildman–Crippen LogP) is 2.25. The molecule has 1 aromatic rings. The summed E-state index contributed by atoms with van der Waals surface area (Å²) in [6, 6.07) is 0. The number of rotatable bonds is 3. The molecule has 1 rings (SSSR count). The molecule has 0 saturated carbocycles. The summed E-state index contributed by atoms with van der Waals surface area (Å²) in [5, 5.41) is 9.34. The molecule has 0 unspecified atom stereocenters. The zero-order valence-electron chi connectivity index (χ0n) is 8.21. The van der Waals surface area contributed by atoms with Crippen LogP contribution in [0.25, 0.3) is 0 Å². The Bertz CT molecular complexity index is 412. The second kappa shape index (κ2) is 5.07. The van der Waals surface area contributed by atoms with Crippen LogP contribution in [0.4, 0.5) is 8.78 Å². The second-order valence-corrected chi connectivity index (χ2v) is 3.08. The van der Waals surface area contributed by atoms with E-state index in [9.17, 15) is 18.7 Å². The smallest absolute Gasteiger partial charge is 0.340 e. The van der Waals surface area contributed by atoms with E-state index in [2.05, 4.69) is 9.72 Å². The number of pyridine rings is 1. The fraction of sp³-hybridized carbons (Fsp3) is 0.333. The molecule has 0 aliphatic rings. The third kappa shape index (κ3) is 2.21. The van der Waals surface area contributed by atoms with E-state index >= 15 is 0 Å².